The van der Waals surface area contributed by atoms with Crippen LogP contribution in [0.15, 0.2) is 14.8 Å². The van der Waals surface area contributed by atoms with Gasteiger partial charge in [-0.25, -0.2) is 4.98 Å². The van der Waals surface area contributed by atoms with Gasteiger partial charge in [0.05, 0.1) is 12.2 Å². The van der Waals surface area contributed by atoms with Crippen molar-refractivity contribution in [1.82, 2.24) is 14.5 Å². The van der Waals surface area contributed by atoms with E-state index in [4.69, 9.17) is 6.42 Å². The number of amides is 1. The van der Waals surface area contributed by atoms with E-state index >= 15 is 0 Å². The van der Waals surface area contributed by atoms with Gasteiger partial charge in [-0.15, -0.1) is 12.3 Å². The molecule has 0 bridgehead atoms. The third-order valence-electron chi connectivity index (χ3n) is 4.29. The predicted molar refractivity (Wildman–Crippen MR) is 85.0 cm³/mol. The summed E-state index contributed by atoms with van der Waals surface area (Å²) in [6, 6.07) is 0. The molecule has 0 saturated heterocycles. The van der Waals surface area contributed by atoms with Gasteiger partial charge in [0.1, 0.15) is 10.4 Å². The topological polar surface area (TPSA) is 62.9 Å². The van der Waals surface area contributed by atoms with Gasteiger partial charge in [-0.3, -0.25) is 4.79 Å². The average molecular weight is 364 g/mol. The highest BCUT2D eigenvalue weighted by molar-refractivity contribution is 9.10. The van der Waals surface area contributed by atoms with Crippen molar-refractivity contribution in [1.29, 1.82) is 0 Å². The smallest absolute Gasteiger partial charge is 0.223 e. The van der Waals surface area contributed by atoms with Crippen molar-refractivity contribution in [2.24, 2.45) is 10.2 Å². The number of fused-ring (bicyclic) bond motifs is 1. The molecule has 0 aliphatic carbocycles. The number of nitrogens with zero attached hydrogens (tertiary/aromatic N) is 5. The van der Waals surface area contributed by atoms with Gasteiger partial charge in [0, 0.05) is 38.8 Å². The molecule has 1 amide bonds. The second kappa shape index (κ2) is 5.84. The van der Waals surface area contributed by atoms with Crippen LogP contribution in [0.5, 0.6) is 0 Å². The molecule has 0 spiro atoms. The van der Waals surface area contributed by atoms with E-state index in [2.05, 4.69) is 41.6 Å². The molecule has 3 rings (SSSR count). The third-order valence-corrected chi connectivity index (χ3v) is 4.93. The van der Waals surface area contributed by atoms with E-state index in [1.807, 2.05) is 11.8 Å². The molecule has 7 heteroatoms. The average Bonchev–Trinajstić information content (AvgIpc) is 3.24. The molecule has 0 fully saturated rings. The number of terminal acetylenes is 1. The predicted octanol–water partition coefficient (Wildman–Crippen LogP) is 2.65. The van der Waals surface area contributed by atoms with Gasteiger partial charge in [-0.2, -0.15) is 10.2 Å². The van der Waals surface area contributed by atoms with E-state index in [9.17, 15) is 4.79 Å². The number of halogens is 1. The van der Waals surface area contributed by atoms with Gasteiger partial charge in [-0.05, 0) is 22.9 Å². The van der Waals surface area contributed by atoms with E-state index in [1.165, 1.54) is 0 Å². The van der Waals surface area contributed by atoms with Gasteiger partial charge in [0.25, 0.3) is 0 Å². The molecular formula is C15H18BrN5O. The molecule has 6 nitrogen and oxygen atoms in total. The number of aromatic nitrogens is 2. The lowest BCUT2D eigenvalue weighted by Crippen LogP contribution is -2.38. The standard InChI is InChI=1S/C15H18BrN5O/c1-3-4-6-15(18-19-15)7-5-13(22)20-8-9-21-11(2)17-14(16)12(21)10-20/h1H,4-10H2,2H3. The monoisotopic (exact) mass is 363 g/mol. The van der Waals surface area contributed by atoms with Crippen LogP contribution in [0.3, 0.4) is 0 Å². The number of hydrogen-bond donors (Lipinski definition) is 0. The molecule has 1 aromatic rings. The lowest BCUT2D eigenvalue weighted by Gasteiger charge is -2.29. The SMILES string of the molecule is C#CCCC1(CCC(=O)N2CCn3c(C)nc(Br)c3C2)N=N1. The van der Waals surface area contributed by atoms with Crippen molar-refractivity contribution in [3.8, 4) is 12.3 Å². The highest BCUT2D eigenvalue weighted by atomic mass is 79.9. The number of carbonyl (C=O) groups excluding carboxylic acids is 1. The lowest BCUT2D eigenvalue weighted by molar-refractivity contribution is -0.132. The summed E-state index contributed by atoms with van der Waals surface area (Å²) in [5.41, 5.74) is 0.691. The van der Waals surface area contributed by atoms with Crippen LogP contribution in [-0.4, -0.2) is 32.6 Å². The second-order valence-electron chi connectivity index (χ2n) is 5.75. The maximum absolute atomic E-state index is 12.4. The summed E-state index contributed by atoms with van der Waals surface area (Å²) in [6.45, 7) is 4.10. The van der Waals surface area contributed by atoms with Crippen LogP contribution in [0, 0.1) is 19.3 Å². The molecule has 0 radical (unpaired) electrons. The van der Waals surface area contributed by atoms with Crippen molar-refractivity contribution >= 4 is 21.8 Å². The zero-order chi connectivity index (χ0) is 15.7. The van der Waals surface area contributed by atoms with Crippen LogP contribution in [0.2, 0.25) is 0 Å². The Bertz CT molecular complexity index is 666. The first kappa shape index (κ1) is 15.2. The zero-order valence-electron chi connectivity index (χ0n) is 12.5. The van der Waals surface area contributed by atoms with Crippen LogP contribution >= 0.6 is 15.9 Å². The first-order valence-electron chi connectivity index (χ1n) is 7.41. The second-order valence-corrected chi connectivity index (χ2v) is 6.50. The Balaban J connectivity index is 1.56. The molecule has 0 atom stereocenters. The fraction of sp³-hybridized carbons (Fsp3) is 0.600. The number of hydrogen-bond acceptors (Lipinski definition) is 4. The van der Waals surface area contributed by atoms with Crippen molar-refractivity contribution < 1.29 is 4.79 Å². The molecule has 2 aliphatic heterocycles. The number of carbonyl (C=O) groups is 1. The summed E-state index contributed by atoms with van der Waals surface area (Å²) in [5.74, 6) is 3.74. The van der Waals surface area contributed by atoms with E-state index < -0.39 is 0 Å². The number of rotatable bonds is 5. The summed E-state index contributed by atoms with van der Waals surface area (Å²) in [6.07, 6.45) is 7.79. The first-order chi connectivity index (χ1) is 10.5. The minimum Gasteiger partial charge on any atom is -0.335 e. The Morgan fingerprint density at radius 3 is 2.86 bits per heavy atom. The maximum atomic E-state index is 12.4. The molecular weight excluding hydrogens is 346 g/mol. The normalized spacial score (nSPS) is 18.0. The minimum atomic E-state index is -0.378. The molecule has 0 unspecified atom stereocenters. The van der Waals surface area contributed by atoms with E-state index in [1.54, 1.807) is 0 Å². The summed E-state index contributed by atoms with van der Waals surface area (Å²) in [5, 5.41) is 8.16. The maximum Gasteiger partial charge on any atom is 0.223 e. The van der Waals surface area contributed by atoms with E-state index in [-0.39, 0.29) is 11.6 Å². The first-order valence-corrected chi connectivity index (χ1v) is 8.21. The van der Waals surface area contributed by atoms with Crippen LogP contribution in [0.25, 0.3) is 0 Å². The Morgan fingerprint density at radius 2 is 2.18 bits per heavy atom. The Labute approximate surface area is 138 Å². The van der Waals surface area contributed by atoms with Gasteiger partial charge < -0.3 is 9.47 Å². The van der Waals surface area contributed by atoms with Crippen LogP contribution < -0.4 is 0 Å². The summed E-state index contributed by atoms with van der Waals surface area (Å²) >= 11 is 3.47. The van der Waals surface area contributed by atoms with Gasteiger partial charge in [-0.1, -0.05) is 0 Å². The summed E-state index contributed by atoms with van der Waals surface area (Å²) in [4.78, 5) is 18.7. The quantitative estimate of drug-likeness (QED) is 0.754. The molecule has 2 aliphatic rings. The van der Waals surface area contributed by atoms with Crippen molar-refractivity contribution in [3.63, 3.8) is 0 Å². The van der Waals surface area contributed by atoms with Gasteiger partial charge in [0.2, 0.25) is 5.91 Å². The molecule has 0 N–H and O–H groups in total. The van der Waals surface area contributed by atoms with Gasteiger partial charge in [0.15, 0.2) is 5.66 Å². The van der Waals surface area contributed by atoms with Crippen molar-refractivity contribution in [2.45, 2.75) is 51.4 Å². The van der Waals surface area contributed by atoms with Crippen LogP contribution in [0.4, 0.5) is 0 Å². The van der Waals surface area contributed by atoms with E-state index in [0.29, 0.717) is 25.8 Å². The Morgan fingerprint density at radius 1 is 1.41 bits per heavy atom. The molecule has 116 valence electrons. The molecule has 22 heavy (non-hydrogen) atoms. The third kappa shape index (κ3) is 2.93. The largest absolute Gasteiger partial charge is 0.335 e. The highest BCUT2D eigenvalue weighted by Crippen LogP contribution is 2.38. The summed E-state index contributed by atoms with van der Waals surface area (Å²) in [7, 11) is 0. The number of aryl methyl sites for hydroxylation is 1. The van der Waals surface area contributed by atoms with Crippen molar-refractivity contribution in [2.75, 3.05) is 6.54 Å². The Kier molecular flexibility index (Phi) is 4.04. The van der Waals surface area contributed by atoms with E-state index in [0.717, 1.165) is 35.6 Å². The van der Waals surface area contributed by atoms with Crippen LogP contribution in [0.1, 0.15) is 37.2 Å². The van der Waals surface area contributed by atoms with Crippen LogP contribution in [-0.2, 0) is 17.9 Å². The van der Waals surface area contributed by atoms with Gasteiger partial charge >= 0.3 is 0 Å². The lowest BCUT2D eigenvalue weighted by atomic mass is 10.0. The molecule has 3 heterocycles. The Hall–Kier alpha value is -1.68. The fourth-order valence-corrected chi connectivity index (χ4v) is 3.44. The zero-order valence-corrected chi connectivity index (χ0v) is 14.1. The molecule has 1 aromatic heterocycles. The fourth-order valence-electron chi connectivity index (χ4n) is 2.85. The summed E-state index contributed by atoms with van der Waals surface area (Å²) < 4.78 is 2.99. The minimum absolute atomic E-state index is 0.148. The molecule has 0 saturated carbocycles. The number of imidazole rings is 1. The molecule has 0 aromatic carbocycles. The van der Waals surface area contributed by atoms with Crippen molar-refractivity contribution in [3.05, 3.63) is 16.1 Å². The highest BCUT2D eigenvalue weighted by Gasteiger charge is 2.39.